The monoisotopic (exact) mass is 563 g/mol. The quantitative estimate of drug-likeness (QED) is 0.207. The van der Waals surface area contributed by atoms with Gasteiger partial charge in [0.1, 0.15) is 11.4 Å². The SMILES string of the molecule is CCOB1OC(C)(C)c2cc(Nc3ncc(-c4nc(-c5ccncc5)no4)c(N[C@H](CO)c4ccccc4)n3)ccc21. The Morgan fingerprint density at radius 2 is 1.86 bits per heavy atom. The summed E-state index contributed by atoms with van der Waals surface area (Å²) in [7, 11) is -0.403. The second-order valence-electron chi connectivity index (χ2n) is 10.2. The van der Waals surface area contributed by atoms with Crippen molar-refractivity contribution >= 4 is 30.0 Å². The third kappa shape index (κ3) is 5.60. The molecular weight excluding hydrogens is 533 g/mol. The van der Waals surface area contributed by atoms with Crippen molar-refractivity contribution in [2.24, 2.45) is 0 Å². The highest BCUT2D eigenvalue weighted by molar-refractivity contribution is 6.63. The number of aromatic nitrogens is 5. The van der Waals surface area contributed by atoms with Crippen LogP contribution < -0.4 is 16.1 Å². The summed E-state index contributed by atoms with van der Waals surface area (Å²) in [5.41, 5.74) is 4.46. The van der Waals surface area contributed by atoms with Crippen molar-refractivity contribution in [3.63, 3.8) is 0 Å². The summed E-state index contributed by atoms with van der Waals surface area (Å²) in [6.07, 6.45) is 4.94. The lowest BCUT2D eigenvalue weighted by Crippen LogP contribution is -2.32. The van der Waals surface area contributed by atoms with Crippen molar-refractivity contribution in [2.45, 2.75) is 32.4 Å². The fourth-order valence-electron chi connectivity index (χ4n) is 4.90. The van der Waals surface area contributed by atoms with E-state index >= 15 is 0 Å². The van der Waals surface area contributed by atoms with Crippen LogP contribution in [0.2, 0.25) is 0 Å². The first-order valence-electron chi connectivity index (χ1n) is 13.7. The number of aliphatic hydroxyl groups is 1. The van der Waals surface area contributed by atoms with E-state index in [9.17, 15) is 5.11 Å². The number of nitrogens with one attached hydrogen (secondary N) is 2. The summed E-state index contributed by atoms with van der Waals surface area (Å²) in [4.78, 5) is 17.9. The second kappa shape index (κ2) is 11.7. The standard InChI is InChI=1S/C30H30BN7O4/c1-4-40-31-24-11-10-21(16-23(24)30(2,3)42-31)34-29-33-17-22(28-36-26(38-41-28)20-12-14-32-15-13-20)27(37-29)35-25(18-39)19-8-6-5-7-9-19/h5-17,25,39H,4,18H2,1-3H3,(H2,33,34,35,37)/t25-/m1/s1. The van der Waals surface area contributed by atoms with Gasteiger partial charge in [0.2, 0.25) is 11.8 Å². The Labute approximate surface area is 243 Å². The molecule has 0 saturated heterocycles. The van der Waals surface area contributed by atoms with E-state index in [1.54, 1.807) is 30.7 Å². The molecule has 1 aliphatic rings. The van der Waals surface area contributed by atoms with Crippen LogP contribution in [0.5, 0.6) is 0 Å². The zero-order valence-electron chi connectivity index (χ0n) is 23.5. The molecule has 212 valence electrons. The summed E-state index contributed by atoms with van der Waals surface area (Å²) in [6.45, 7) is 6.38. The fourth-order valence-corrected chi connectivity index (χ4v) is 4.90. The number of hydrogen-bond donors (Lipinski definition) is 3. The Morgan fingerprint density at radius 1 is 1.05 bits per heavy atom. The smallest absolute Gasteiger partial charge is 0.408 e. The van der Waals surface area contributed by atoms with Crippen molar-refractivity contribution in [3.8, 4) is 22.8 Å². The van der Waals surface area contributed by atoms with E-state index in [4.69, 9.17) is 18.8 Å². The molecular formula is C30H30BN7O4. The van der Waals surface area contributed by atoms with Crippen LogP contribution in [-0.2, 0) is 14.9 Å². The van der Waals surface area contributed by atoms with E-state index in [-0.39, 0.29) is 12.5 Å². The highest BCUT2D eigenvalue weighted by Gasteiger charge is 2.42. The molecule has 0 radical (unpaired) electrons. The van der Waals surface area contributed by atoms with E-state index in [1.165, 1.54) is 0 Å². The molecule has 12 heteroatoms. The minimum Gasteiger partial charge on any atom is -0.408 e. The second-order valence-corrected chi connectivity index (χ2v) is 10.2. The van der Waals surface area contributed by atoms with Crippen LogP contribution in [0.4, 0.5) is 17.5 Å². The van der Waals surface area contributed by atoms with Gasteiger partial charge in [-0.15, -0.1) is 0 Å². The molecule has 6 rings (SSSR count). The third-order valence-electron chi connectivity index (χ3n) is 7.01. The Morgan fingerprint density at radius 3 is 2.62 bits per heavy atom. The van der Waals surface area contributed by atoms with Crippen molar-refractivity contribution in [1.29, 1.82) is 0 Å². The summed E-state index contributed by atoms with van der Waals surface area (Å²) < 4.78 is 17.5. The van der Waals surface area contributed by atoms with E-state index in [1.807, 2.05) is 69.3 Å². The van der Waals surface area contributed by atoms with Gasteiger partial charge < -0.3 is 29.6 Å². The maximum Gasteiger partial charge on any atom is 0.494 e. The van der Waals surface area contributed by atoms with Gasteiger partial charge in [0.15, 0.2) is 0 Å². The lowest BCUT2D eigenvalue weighted by Gasteiger charge is -2.21. The maximum absolute atomic E-state index is 10.3. The first-order valence-corrected chi connectivity index (χ1v) is 13.7. The molecule has 42 heavy (non-hydrogen) atoms. The van der Waals surface area contributed by atoms with Crippen LogP contribution in [0.15, 0.2) is 83.8 Å². The Hall–Kier alpha value is -4.65. The van der Waals surface area contributed by atoms with Crippen LogP contribution >= 0.6 is 0 Å². The Balaban J connectivity index is 1.34. The van der Waals surface area contributed by atoms with E-state index in [0.29, 0.717) is 29.8 Å². The van der Waals surface area contributed by atoms with E-state index in [2.05, 4.69) is 30.7 Å². The molecule has 2 aromatic carbocycles. The molecule has 0 spiro atoms. The van der Waals surface area contributed by atoms with Gasteiger partial charge in [-0.25, -0.2) is 4.98 Å². The summed E-state index contributed by atoms with van der Waals surface area (Å²) in [5, 5.41) is 21.0. The zero-order valence-corrected chi connectivity index (χ0v) is 23.5. The molecule has 0 unspecified atom stereocenters. The maximum atomic E-state index is 10.3. The predicted octanol–water partition coefficient (Wildman–Crippen LogP) is 4.47. The van der Waals surface area contributed by atoms with Gasteiger partial charge in [0.25, 0.3) is 5.89 Å². The van der Waals surface area contributed by atoms with Gasteiger partial charge in [-0.05, 0) is 61.6 Å². The minimum atomic E-state index is -0.515. The largest absolute Gasteiger partial charge is 0.494 e. The van der Waals surface area contributed by atoms with Crippen LogP contribution in [-0.4, -0.2) is 50.5 Å². The molecule has 0 fully saturated rings. The van der Waals surface area contributed by atoms with Gasteiger partial charge in [-0.3, -0.25) is 4.98 Å². The highest BCUT2D eigenvalue weighted by Crippen LogP contribution is 2.34. The van der Waals surface area contributed by atoms with Gasteiger partial charge in [-0.2, -0.15) is 9.97 Å². The fraction of sp³-hybridized carbons (Fsp3) is 0.233. The van der Waals surface area contributed by atoms with Crippen LogP contribution in [0, 0.1) is 0 Å². The third-order valence-corrected chi connectivity index (χ3v) is 7.01. The minimum absolute atomic E-state index is 0.163. The Bertz CT molecular complexity index is 1670. The number of benzene rings is 2. The zero-order chi connectivity index (χ0) is 29.1. The molecule has 0 aliphatic carbocycles. The van der Waals surface area contributed by atoms with Gasteiger partial charge in [-0.1, -0.05) is 41.6 Å². The van der Waals surface area contributed by atoms with Crippen LogP contribution in [0.25, 0.3) is 22.8 Å². The van der Waals surface area contributed by atoms with Crippen molar-refractivity contribution in [1.82, 2.24) is 25.1 Å². The lowest BCUT2D eigenvalue weighted by molar-refractivity contribution is 0.0867. The molecule has 3 aromatic heterocycles. The number of hydrogen-bond acceptors (Lipinski definition) is 11. The number of anilines is 3. The molecule has 11 nitrogen and oxygen atoms in total. The molecule has 0 bridgehead atoms. The molecule has 1 atom stereocenters. The van der Waals surface area contributed by atoms with Gasteiger partial charge in [0, 0.05) is 36.4 Å². The molecule has 1 aliphatic heterocycles. The first-order chi connectivity index (χ1) is 20.4. The molecule has 5 aromatic rings. The van der Waals surface area contributed by atoms with Gasteiger partial charge >= 0.3 is 7.12 Å². The Kier molecular flexibility index (Phi) is 7.66. The number of nitrogens with zero attached hydrogens (tertiary/aromatic N) is 5. The molecule has 4 heterocycles. The van der Waals surface area contributed by atoms with Gasteiger partial charge in [0.05, 0.1) is 18.2 Å². The number of fused-ring (bicyclic) bond motifs is 1. The van der Waals surface area contributed by atoms with Crippen molar-refractivity contribution < 1.29 is 18.9 Å². The molecule has 3 N–H and O–H groups in total. The normalized spacial score (nSPS) is 14.4. The summed E-state index contributed by atoms with van der Waals surface area (Å²) >= 11 is 0. The highest BCUT2D eigenvalue weighted by atomic mass is 16.6. The topological polar surface area (TPSA) is 140 Å². The number of pyridine rings is 1. The van der Waals surface area contributed by atoms with Crippen LogP contribution in [0.1, 0.15) is 37.9 Å². The van der Waals surface area contributed by atoms with E-state index in [0.717, 1.165) is 27.8 Å². The summed E-state index contributed by atoms with van der Waals surface area (Å²) in [6, 6.07) is 18.8. The molecule has 0 amide bonds. The van der Waals surface area contributed by atoms with Crippen molar-refractivity contribution in [2.75, 3.05) is 23.8 Å². The predicted molar refractivity (Wildman–Crippen MR) is 159 cm³/mol. The first kappa shape index (κ1) is 27.5. The molecule has 0 saturated carbocycles. The van der Waals surface area contributed by atoms with Crippen molar-refractivity contribution in [3.05, 3.63) is 90.4 Å². The number of rotatable bonds is 10. The number of aliphatic hydroxyl groups excluding tert-OH is 1. The van der Waals surface area contributed by atoms with E-state index < -0.39 is 18.8 Å². The summed E-state index contributed by atoms with van der Waals surface area (Å²) in [5.74, 6) is 1.41. The van der Waals surface area contributed by atoms with Crippen LogP contribution in [0.3, 0.4) is 0 Å². The lowest BCUT2D eigenvalue weighted by atomic mass is 9.77. The average molecular weight is 563 g/mol. The average Bonchev–Trinajstić information content (AvgIpc) is 3.60.